The van der Waals surface area contributed by atoms with Crippen LogP contribution in [0.15, 0.2) is 0 Å². The van der Waals surface area contributed by atoms with Gasteiger partial charge in [0.1, 0.15) is 0 Å². The molecule has 0 amide bonds. The molecule has 0 atom stereocenters. The Morgan fingerprint density at radius 2 is 2.00 bits per heavy atom. The lowest BCUT2D eigenvalue weighted by molar-refractivity contribution is 0.400. The second-order valence-electron chi connectivity index (χ2n) is 0.723. The van der Waals surface area contributed by atoms with Crippen molar-refractivity contribution in [2.75, 3.05) is 7.11 Å². The van der Waals surface area contributed by atoms with Gasteiger partial charge in [-0.25, -0.2) is 0 Å². The molecule has 0 aromatic heterocycles. The van der Waals surface area contributed by atoms with E-state index in [1.54, 1.807) is 0 Å². The summed E-state index contributed by atoms with van der Waals surface area (Å²) in [7, 11) is 1.41. The molecule has 0 rings (SSSR count). The third-order valence-corrected chi connectivity index (χ3v) is 0.295. The van der Waals surface area contributed by atoms with Crippen LogP contribution in [0.2, 0.25) is 0 Å². The molecule has 0 bridgehead atoms. The summed E-state index contributed by atoms with van der Waals surface area (Å²) in [5, 5.41) is 8.06. The summed E-state index contributed by atoms with van der Waals surface area (Å²) in [5.41, 5.74) is 0. The fraction of sp³-hybridized carbons (Fsp3) is 0.667. The first-order valence-electron chi connectivity index (χ1n) is 1.34. The first kappa shape index (κ1) is 4.47. The maximum atomic E-state index is 8.06. The van der Waals surface area contributed by atoms with Crippen molar-refractivity contribution in [2.24, 2.45) is 0 Å². The minimum absolute atomic E-state index is 0.00463. The van der Waals surface area contributed by atoms with Crippen LogP contribution in [0.3, 0.4) is 0 Å². The van der Waals surface area contributed by atoms with Crippen LogP contribution in [0.25, 0.3) is 0 Å². The molecule has 0 aliphatic rings. The highest BCUT2D eigenvalue weighted by Crippen LogP contribution is 1.58. The lowest BCUT2D eigenvalue weighted by Crippen LogP contribution is -1.91. The van der Waals surface area contributed by atoms with Gasteiger partial charge in [0, 0.05) is 6.92 Å². The highest BCUT2D eigenvalue weighted by atomic mass is 16.5. The van der Waals surface area contributed by atoms with Crippen LogP contribution in [-0.4, -0.2) is 13.0 Å². The van der Waals surface area contributed by atoms with Crippen molar-refractivity contribution >= 4 is 5.90 Å². The van der Waals surface area contributed by atoms with E-state index in [9.17, 15) is 0 Å². The largest absolute Gasteiger partial charge is 0.483 e. The maximum Gasteiger partial charge on any atom is 0.205 e. The van der Waals surface area contributed by atoms with E-state index in [2.05, 4.69) is 4.74 Å². The third kappa shape index (κ3) is 3.47. The fourth-order valence-electron chi connectivity index (χ4n) is 0. The molecule has 0 saturated heterocycles. The van der Waals surface area contributed by atoms with Crippen LogP contribution in [0.1, 0.15) is 6.92 Å². The Morgan fingerprint density at radius 1 is 1.80 bits per heavy atom. The molecule has 2 nitrogen and oxygen atoms in total. The summed E-state index contributed by atoms with van der Waals surface area (Å²) >= 11 is 0. The molecule has 0 aliphatic heterocycles. The minimum atomic E-state index is 0.00463. The number of hydrogen-bond donors (Lipinski definition) is 0. The fourth-order valence-corrected chi connectivity index (χ4v) is 0. The summed E-state index contributed by atoms with van der Waals surface area (Å²) in [6.07, 6.45) is 0. The normalized spacial score (nSPS) is 6.80. The van der Waals surface area contributed by atoms with Gasteiger partial charge in [-0.2, -0.15) is 0 Å². The van der Waals surface area contributed by atoms with E-state index in [0.29, 0.717) is 0 Å². The van der Waals surface area contributed by atoms with Crippen molar-refractivity contribution in [2.45, 2.75) is 6.92 Å². The van der Waals surface area contributed by atoms with Crippen molar-refractivity contribution in [3.63, 3.8) is 0 Å². The predicted molar refractivity (Wildman–Crippen MR) is 19.8 cm³/mol. The lowest BCUT2D eigenvalue weighted by atomic mass is 10.8. The van der Waals surface area contributed by atoms with Gasteiger partial charge >= 0.3 is 0 Å². The standard InChI is InChI=1S/C3H6NO/c1-3(4)5-2/h1-2H3. The van der Waals surface area contributed by atoms with Crippen molar-refractivity contribution in [1.29, 1.82) is 0 Å². The SMILES string of the molecule is COC(C)=[N]. The maximum absolute atomic E-state index is 8.06. The quantitative estimate of drug-likeness (QED) is 0.289. The molecule has 0 heterocycles. The Labute approximate surface area is 31.3 Å². The van der Waals surface area contributed by atoms with Gasteiger partial charge in [-0.15, -0.1) is 5.41 Å². The number of hydrogen-bond acceptors (Lipinski definition) is 1. The average molecular weight is 72.1 g/mol. The summed E-state index contributed by atoms with van der Waals surface area (Å²) in [6, 6.07) is 0. The number of rotatable bonds is 0. The molecule has 0 N–H and O–H groups in total. The smallest absolute Gasteiger partial charge is 0.205 e. The summed E-state index contributed by atoms with van der Waals surface area (Å²) in [5.74, 6) is 0.00463. The van der Waals surface area contributed by atoms with Crippen LogP contribution >= 0.6 is 0 Å². The third-order valence-electron chi connectivity index (χ3n) is 0.295. The van der Waals surface area contributed by atoms with Gasteiger partial charge in [0.2, 0.25) is 5.90 Å². The molecule has 0 unspecified atom stereocenters. The average Bonchev–Trinajstić information content (AvgIpc) is 1.38. The number of methoxy groups -OCH3 is 1. The van der Waals surface area contributed by atoms with Crippen LogP contribution in [-0.2, 0) is 4.74 Å². The zero-order valence-electron chi connectivity index (χ0n) is 3.36. The number of nitrogens with zero attached hydrogens (tertiary/aromatic N) is 1. The Kier molecular flexibility index (Phi) is 1.57. The molecular formula is C3H6NO. The van der Waals surface area contributed by atoms with Crippen LogP contribution < -0.4 is 5.41 Å². The molecule has 0 saturated carbocycles. The van der Waals surface area contributed by atoms with Gasteiger partial charge in [-0.3, -0.25) is 0 Å². The summed E-state index contributed by atoms with van der Waals surface area (Å²) in [6.45, 7) is 1.47. The zero-order valence-corrected chi connectivity index (χ0v) is 3.36. The van der Waals surface area contributed by atoms with E-state index >= 15 is 0 Å². The van der Waals surface area contributed by atoms with Crippen molar-refractivity contribution in [3.05, 3.63) is 0 Å². The van der Waals surface area contributed by atoms with Gasteiger partial charge in [0.25, 0.3) is 0 Å². The minimum Gasteiger partial charge on any atom is -0.483 e. The highest BCUT2D eigenvalue weighted by molar-refractivity contribution is 5.70. The van der Waals surface area contributed by atoms with Crippen molar-refractivity contribution in [3.8, 4) is 0 Å². The van der Waals surface area contributed by atoms with E-state index in [4.69, 9.17) is 5.41 Å². The van der Waals surface area contributed by atoms with E-state index in [0.717, 1.165) is 0 Å². The topological polar surface area (TPSA) is 31.5 Å². The molecular weight excluding hydrogens is 66.0 g/mol. The molecule has 0 aromatic rings. The van der Waals surface area contributed by atoms with E-state index in [1.165, 1.54) is 14.0 Å². The van der Waals surface area contributed by atoms with Gasteiger partial charge < -0.3 is 4.74 Å². The second kappa shape index (κ2) is 1.76. The van der Waals surface area contributed by atoms with Crippen LogP contribution in [0.5, 0.6) is 0 Å². The molecule has 0 spiro atoms. The van der Waals surface area contributed by atoms with E-state index < -0.39 is 0 Å². The molecule has 1 radical (unpaired) electrons. The van der Waals surface area contributed by atoms with Crippen molar-refractivity contribution in [1.82, 2.24) is 5.41 Å². The van der Waals surface area contributed by atoms with Crippen molar-refractivity contribution < 1.29 is 4.74 Å². The van der Waals surface area contributed by atoms with E-state index in [1.807, 2.05) is 0 Å². The Balaban J connectivity index is 2.85. The second-order valence-corrected chi connectivity index (χ2v) is 0.723. The van der Waals surface area contributed by atoms with Gasteiger partial charge in [-0.1, -0.05) is 0 Å². The monoisotopic (exact) mass is 72.0 g/mol. The van der Waals surface area contributed by atoms with Gasteiger partial charge in [-0.05, 0) is 0 Å². The molecule has 0 fully saturated rings. The first-order valence-corrected chi connectivity index (χ1v) is 1.34. The summed E-state index contributed by atoms with van der Waals surface area (Å²) in [4.78, 5) is 0. The van der Waals surface area contributed by atoms with E-state index in [-0.39, 0.29) is 5.90 Å². The molecule has 5 heavy (non-hydrogen) atoms. The molecule has 0 aliphatic carbocycles. The Morgan fingerprint density at radius 3 is 2.00 bits per heavy atom. The Bertz CT molecular complexity index is 42.2. The highest BCUT2D eigenvalue weighted by Gasteiger charge is 1.71. The molecule has 2 heteroatoms. The first-order chi connectivity index (χ1) is 2.27. The van der Waals surface area contributed by atoms with Crippen LogP contribution in [0, 0.1) is 0 Å². The molecule has 0 aromatic carbocycles. The zero-order chi connectivity index (χ0) is 4.28. The number of ether oxygens (including phenoxy) is 1. The van der Waals surface area contributed by atoms with Gasteiger partial charge in [0.05, 0.1) is 7.11 Å². The predicted octanol–water partition coefficient (Wildman–Crippen LogP) is -0.149. The Hall–Kier alpha value is -0.530. The molecule has 29 valence electrons. The van der Waals surface area contributed by atoms with Crippen LogP contribution in [0.4, 0.5) is 0 Å². The summed E-state index contributed by atoms with van der Waals surface area (Å²) < 4.78 is 4.22. The van der Waals surface area contributed by atoms with Gasteiger partial charge in [0.15, 0.2) is 0 Å². The lowest BCUT2D eigenvalue weighted by Gasteiger charge is -1.83.